The lowest BCUT2D eigenvalue weighted by molar-refractivity contribution is 0.0421. The SMILES string of the molecule is COc1nc(NC2CCN(C3CCOCC3)C2)nc(OC)n1. The summed E-state index contributed by atoms with van der Waals surface area (Å²) < 4.78 is 15.6. The average molecular weight is 309 g/mol. The second-order valence-electron chi connectivity index (χ2n) is 5.60. The maximum atomic E-state index is 5.44. The van der Waals surface area contributed by atoms with Crippen molar-refractivity contribution in [1.29, 1.82) is 0 Å². The lowest BCUT2D eigenvalue weighted by Crippen LogP contribution is -2.39. The normalized spacial score (nSPS) is 23.5. The Kier molecular flexibility index (Phi) is 4.89. The van der Waals surface area contributed by atoms with Gasteiger partial charge in [-0.1, -0.05) is 0 Å². The highest BCUT2D eigenvalue weighted by Crippen LogP contribution is 2.22. The van der Waals surface area contributed by atoms with Gasteiger partial charge in [-0.25, -0.2) is 0 Å². The summed E-state index contributed by atoms with van der Waals surface area (Å²) in [6.45, 7) is 3.85. The molecule has 1 aromatic rings. The van der Waals surface area contributed by atoms with Gasteiger partial charge in [0.15, 0.2) is 0 Å². The van der Waals surface area contributed by atoms with Gasteiger partial charge >= 0.3 is 12.0 Å². The van der Waals surface area contributed by atoms with Crippen LogP contribution in [0.15, 0.2) is 0 Å². The number of likely N-dealkylation sites (tertiary alicyclic amines) is 1. The van der Waals surface area contributed by atoms with Gasteiger partial charge < -0.3 is 19.5 Å². The zero-order chi connectivity index (χ0) is 15.4. The first-order chi connectivity index (χ1) is 10.8. The van der Waals surface area contributed by atoms with Gasteiger partial charge in [0, 0.05) is 38.4 Å². The summed E-state index contributed by atoms with van der Waals surface area (Å²) in [4.78, 5) is 15.0. The van der Waals surface area contributed by atoms with Crippen LogP contribution >= 0.6 is 0 Å². The smallest absolute Gasteiger partial charge is 0.324 e. The van der Waals surface area contributed by atoms with Gasteiger partial charge in [0.1, 0.15) is 0 Å². The number of methoxy groups -OCH3 is 2. The number of rotatable bonds is 5. The van der Waals surface area contributed by atoms with E-state index in [1.54, 1.807) is 0 Å². The molecular weight excluding hydrogens is 286 g/mol. The summed E-state index contributed by atoms with van der Waals surface area (Å²) in [5.41, 5.74) is 0. The fourth-order valence-corrected chi connectivity index (χ4v) is 3.05. The molecule has 1 atom stereocenters. The zero-order valence-electron chi connectivity index (χ0n) is 13.1. The van der Waals surface area contributed by atoms with Crippen LogP contribution in [0.3, 0.4) is 0 Å². The Morgan fingerprint density at radius 2 is 1.73 bits per heavy atom. The van der Waals surface area contributed by atoms with E-state index in [-0.39, 0.29) is 12.0 Å². The van der Waals surface area contributed by atoms with Crippen molar-refractivity contribution >= 4 is 5.95 Å². The number of hydrogen-bond donors (Lipinski definition) is 1. The third-order valence-electron chi connectivity index (χ3n) is 4.22. The van der Waals surface area contributed by atoms with Crippen LogP contribution in [0.5, 0.6) is 12.0 Å². The van der Waals surface area contributed by atoms with Gasteiger partial charge in [-0.3, -0.25) is 4.90 Å². The molecule has 0 radical (unpaired) electrons. The van der Waals surface area contributed by atoms with Gasteiger partial charge in [0.2, 0.25) is 5.95 Å². The van der Waals surface area contributed by atoms with Crippen LogP contribution in [0.1, 0.15) is 19.3 Å². The number of ether oxygens (including phenoxy) is 3. The molecule has 3 heterocycles. The third kappa shape index (κ3) is 3.56. The predicted molar refractivity (Wildman–Crippen MR) is 80.4 cm³/mol. The molecule has 0 saturated carbocycles. The van der Waals surface area contributed by atoms with Crippen molar-refractivity contribution in [1.82, 2.24) is 19.9 Å². The van der Waals surface area contributed by atoms with E-state index < -0.39 is 0 Å². The first-order valence-corrected chi connectivity index (χ1v) is 7.71. The van der Waals surface area contributed by atoms with E-state index in [4.69, 9.17) is 14.2 Å². The van der Waals surface area contributed by atoms with Gasteiger partial charge in [0.25, 0.3) is 0 Å². The summed E-state index contributed by atoms with van der Waals surface area (Å²) in [6.07, 6.45) is 3.33. The van der Waals surface area contributed by atoms with Gasteiger partial charge in [0.05, 0.1) is 14.2 Å². The number of aromatic nitrogens is 3. The zero-order valence-corrected chi connectivity index (χ0v) is 13.1. The van der Waals surface area contributed by atoms with Gasteiger partial charge in [-0.2, -0.15) is 9.97 Å². The Morgan fingerprint density at radius 1 is 1.05 bits per heavy atom. The first kappa shape index (κ1) is 15.2. The highest BCUT2D eigenvalue weighted by Gasteiger charge is 2.29. The number of anilines is 1. The fourth-order valence-electron chi connectivity index (χ4n) is 3.05. The standard InChI is InChI=1S/C14H23N5O3/c1-20-13-16-12(17-14(18-13)21-2)15-10-3-6-19(9-10)11-4-7-22-8-5-11/h10-11H,3-9H2,1-2H3,(H,15,16,17,18). The third-order valence-corrected chi connectivity index (χ3v) is 4.22. The molecule has 2 fully saturated rings. The van der Waals surface area contributed by atoms with Crippen LogP contribution in [-0.2, 0) is 4.74 Å². The lowest BCUT2D eigenvalue weighted by Gasteiger charge is -2.31. The summed E-state index contributed by atoms with van der Waals surface area (Å²) in [7, 11) is 3.06. The molecule has 1 N–H and O–H groups in total. The average Bonchev–Trinajstić information content (AvgIpc) is 3.03. The molecule has 0 amide bonds. The molecule has 2 aliphatic rings. The predicted octanol–water partition coefficient (Wildman–Crippen LogP) is 0.554. The Hall–Kier alpha value is -1.67. The van der Waals surface area contributed by atoms with Gasteiger partial charge in [-0.15, -0.1) is 4.98 Å². The van der Waals surface area contributed by atoms with Crippen LogP contribution in [0.4, 0.5) is 5.95 Å². The Balaban J connectivity index is 1.59. The van der Waals surface area contributed by atoms with E-state index >= 15 is 0 Å². The first-order valence-electron chi connectivity index (χ1n) is 7.71. The number of nitrogens with one attached hydrogen (secondary N) is 1. The van der Waals surface area contributed by atoms with E-state index in [0.29, 0.717) is 18.0 Å². The Bertz CT molecular complexity index is 473. The van der Waals surface area contributed by atoms with Crippen molar-refractivity contribution in [3.63, 3.8) is 0 Å². The van der Waals surface area contributed by atoms with Crippen LogP contribution in [0.2, 0.25) is 0 Å². The van der Waals surface area contributed by atoms with Crippen molar-refractivity contribution in [3.8, 4) is 12.0 Å². The van der Waals surface area contributed by atoms with Crippen molar-refractivity contribution in [2.45, 2.75) is 31.3 Å². The molecular formula is C14H23N5O3. The second-order valence-corrected chi connectivity index (χ2v) is 5.60. The highest BCUT2D eigenvalue weighted by molar-refractivity contribution is 5.29. The molecule has 0 spiro atoms. The minimum atomic E-state index is 0.258. The Labute approximate surface area is 130 Å². The Morgan fingerprint density at radius 3 is 2.36 bits per heavy atom. The van der Waals surface area contributed by atoms with Crippen molar-refractivity contribution in [2.75, 3.05) is 45.8 Å². The van der Waals surface area contributed by atoms with E-state index in [9.17, 15) is 0 Å². The molecule has 1 aromatic heterocycles. The van der Waals surface area contributed by atoms with Gasteiger partial charge in [-0.05, 0) is 19.3 Å². The summed E-state index contributed by atoms with van der Waals surface area (Å²) in [6, 6.07) is 1.49. The molecule has 122 valence electrons. The molecule has 8 nitrogen and oxygen atoms in total. The molecule has 2 saturated heterocycles. The van der Waals surface area contributed by atoms with Crippen molar-refractivity contribution in [2.24, 2.45) is 0 Å². The van der Waals surface area contributed by atoms with Crippen LogP contribution in [0, 0.1) is 0 Å². The molecule has 22 heavy (non-hydrogen) atoms. The fraction of sp³-hybridized carbons (Fsp3) is 0.786. The summed E-state index contributed by atoms with van der Waals surface area (Å²) in [5.74, 6) is 0.502. The van der Waals surface area contributed by atoms with E-state index in [0.717, 1.165) is 45.6 Å². The highest BCUT2D eigenvalue weighted by atomic mass is 16.5. The minimum absolute atomic E-state index is 0.258. The number of hydrogen-bond acceptors (Lipinski definition) is 8. The topological polar surface area (TPSA) is 81.6 Å². The summed E-state index contributed by atoms with van der Waals surface area (Å²) >= 11 is 0. The van der Waals surface area contributed by atoms with E-state index in [2.05, 4.69) is 25.2 Å². The molecule has 3 rings (SSSR count). The largest absolute Gasteiger partial charge is 0.467 e. The van der Waals surface area contributed by atoms with Crippen LogP contribution < -0.4 is 14.8 Å². The van der Waals surface area contributed by atoms with Crippen molar-refractivity contribution < 1.29 is 14.2 Å². The van der Waals surface area contributed by atoms with E-state index in [1.165, 1.54) is 14.2 Å². The molecule has 0 bridgehead atoms. The maximum Gasteiger partial charge on any atom is 0.324 e. The number of nitrogens with zero attached hydrogens (tertiary/aromatic N) is 4. The molecule has 0 aromatic carbocycles. The van der Waals surface area contributed by atoms with E-state index in [1.807, 2.05) is 0 Å². The molecule has 2 aliphatic heterocycles. The molecule has 8 heteroatoms. The monoisotopic (exact) mass is 309 g/mol. The minimum Gasteiger partial charge on any atom is -0.467 e. The molecule has 0 aliphatic carbocycles. The van der Waals surface area contributed by atoms with Crippen LogP contribution in [0.25, 0.3) is 0 Å². The molecule has 1 unspecified atom stereocenters. The van der Waals surface area contributed by atoms with Crippen molar-refractivity contribution in [3.05, 3.63) is 0 Å². The lowest BCUT2D eigenvalue weighted by atomic mass is 10.1. The van der Waals surface area contributed by atoms with Crippen LogP contribution in [-0.4, -0.2) is 72.5 Å². The second kappa shape index (κ2) is 7.06. The maximum absolute atomic E-state index is 5.44. The summed E-state index contributed by atoms with van der Waals surface area (Å²) in [5, 5.41) is 3.36. The quantitative estimate of drug-likeness (QED) is 0.844.